The number of likely N-dealkylation sites (N-methyl/N-ethyl adjacent to an activating group) is 1. The minimum atomic E-state index is -0.558. The van der Waals surface area contributed by atoms with Crippen LogP contribution in [0.4, 0.5) is 0 Å². The van der Waals surface area contributed by atoms with Gasteiger partial charge < -0.3 is 23.7 Å². The summed E-state index contributed by atoms with van der Waals surface area (Å²) in [6.45, 7) is 8.00. The Balaban J connectivity index is 2.38. The third kappa shape index (κ3) is 5.79. The Morgan fingerprint density at radius 2 is 1.93 bits per heavy atom. The highest BCUT2D eigenvalue weighted by Gasteiger charge is 2.25. The van der Waals surface area contributed by atoms with E-state index in [2.05, 4.69) is 15.7 Å². The zero-order valence-corrected chi connectivity index (χ0v) is 17.4. The second kappa shape index (κ2) is 9.35. The second-order valence-electron chi connectivity index (χ2n) is 8.00. The van der Waals surface area contributed by atoms with Crippen molar-refractivity contribution in [2.24, 2.45) is 5.41 Å². The van der Waals surface area contributed by atoms with Gasteiger partial charge in [-0.25, -0.2) is 0 Å². The van der Waals surface area contributed by atoms with E-state index >= 15 is 0 Å². The summed E-state index contributed by atoms with van der Waals surface area (Å²) in [5, 5.41) is 0.979. The van der Waals surface area contributed by atoms with E-state index in [9.17, 15) is 4.79 Å². The summed E-state index contributed by atoms with van der Waals surface area (Å²) in [6.07, 6.45) is 2.95. The fraction of sp³-hybridized carbons (Fsp3) is 0.571. The fourth-order valence-corrected chi connectivity index (χ4v) is 2.69. The Hall–Kier alpha value is -1.89. The lowest BCUT2D eigenvalue weighted by Crippen LogP contribution is -2.25. The lowest BCUT2D eigenvalue weighted by molar-refractivity contribution is -0.142. The SMILES string of the molecule is COCCOCn1cc(CCN(C)C)c2c(OC(=O)C(C)(C)C)cccc21. The summed E-state index contributed by atoms with van der Waals surface area (Å²) in [4.78, 5) is 14.6. The molecular formula is C21H32N2O4. The predicted octanol–water partition coefficient (Wildman–Crippen LogP) is 3.32. The van der Waals surface area contributed by atoms with Gasteiger partial charge in [-0.3, -0.25) is 4.79 Å². The van der Waals surface area contributed by atoms with Crippen LogP contribution >= 0.6 is 0 Å². The second-order valence-corrected chi connectivity index (χ2v) is 8.00. The maximum Gasteiger partial charge on any atom is 0.316 e. The molecule has 2 aromatic rings. The molecule has 1 heterocycles. The van der Waals surface area contributed by atoms with Gasteiger partial charge in [-0.2, -0.15) is 0 Å². The molecule has 0 spiro atoms. The minimum absolute atomic E-state index is 0.238. The number of hydrogen-bond donors (Lipinski definition) is 0. The first-order valence-corrected chi connectivity index (χ1v) is 9.28. The van der Waals surface area contributed by atoms with Crippen LogP contribution in [0.5, 0.6) is 5.75 Å². The monoisotopic (exact) mass is 376 g/mol. The average Bonchev–Trinajstić information content (AvgIpc) is 2.95. The molecule has 1 aromatic carbocycles. The van der Waals surface area contributed by atoms with Gasteiger partial charge in [-0.05, 0) is 59.0 Å². The van der Waals surface area contributed by atoms with E-state index in [-0.39, 0.29) is 5.97 Å². The van der Waals surface area contributed by atoms with Crippen molar-refractivity contribution in [3.8, 4) is 5.75 Å². The summed E-state index contributed by atoms with van der Waals surface area (Å²) >= 11 is 0. The largest absolute Gasteiger partial charge is 0.425 e. The molecule has 0 radical (unpaired) electrons. The Morgan fingerprint density at radius 3 is 2.56 bits per heavy atom. The third-order valence-corrected chi connectivity index (χ3v) is 4.25. The summed E-state index contributed by atoms with van der Waals surface area (Å²) in [6, 6.07) is 5.80. The molecule has 0 aliphatic carbocycles. The molecule has 150 valence electrons. The van der Waals surface area contributed by atoms with E-state index in [0.29, 0.717) is 25.7 Å². The molecule has 0 amide bonds. The van der Waals surface area contributed by atoms with E-state index in [1.165, 1.54) is 0 Å². The molecule has 0 unspecified atom stereocenters. The molecule has 0 atom stereocenters. The molecule has 0 bridgehead atoms. The van der Waals surface area contributed by atoms with E-state index in [4.69, 9.17) is 14.2 Å². The number of rotatable bonds is 9. The highest BCUT2D eigenvalue weighted by Crippen LogP contribution is 2.33. The normalized spacial score (nSPS) is 12.1. The number of benzene rings is 1. The first-order chi connectivity index (χ1) is 12.7. The van der Waals surface area contributed by atoms with Gasteiger partial charge in [0.25, 0.3) is 0 Å². The number of esters is 1. The number of nitrogens with zero attached hydrogens (tertiary/aromatic N) is 2. The molecular weight excluding hydrogens is 344 g/mol. The summed E-state index contributed by atoms with van der Waals surface area (Å²) in [5.41, 5.74) is 1.59. The van der Waals surface area contributed by atoms with Crippen molar-refractivity contribution in [1.82, 2.24) is 9.47 Å². The van der Waals surface area contributed by atoms with Crippen LogP contribution in [-0.4, -0.2) is 56.4 Å². The van der Waals surface area contributed by atoms with Gasteiger partial charge >= 0.3 is 5.97 Å². The molecule has 0 fully saturated rings. The predicted molar refractivity (Wildman–Crippen MR) is 107 cm³/mol. The number of hydrogen-bond acceptors (Lipinski definition) is 5. The number of carbonyl (C=O) groups excluding carboxylic acids is 1. The van der Waals surface area contributed by atoms with Gasteiger partial charge in [0.05, 0.1) is 24.1 Å². The van der Waals surface area contributed by atoms with Crippen LogP contribution < -0.4 is 4.74 Å². The van der Waals surface area contributed by atoms with Crippen LogP contribution in [0.3, 0.4) is 0 Å². The van der Waals surface area contributed by atoms with Gasteiger partial charge in [-0.1, -0.05) is 6.07 Å². The lowest BCUT2D eigenvalue weighted by Gasteiger charge is -2.17. The quantitative estimate of drug-likeness (QED) is 0.382. The molecule has 0 saturated heterocycles. The molecule has 27 heavy (non-hydrogen) atoms. The van der Waals surface area contributed by atoms with Gasteiger partial charge in [0.1, 0.15) is 12.5 Å². The maximum absolute atomic E-state index is 12.4. The average molecular weight is 376 g/mol. The molecule has 0 saturated carbocycles. The third-order valence-electron chi connectivity index (χ3n) is 4.25. The number of fused-ring (bicyclic) bond motifs is 1. The molecule has 0 aliphatic heterocycles. The van der Waals surface area contributed by atoms with Crippen molar-refractivity contribution < 1.29 is 19.0 Å². The van der Waals surface area contributed by atoms with E-state index < -0.39 is 5.41 Å². The summed E-state index contributed by atoms with van der Waals surface area (Å²) < 4.78 is 18.6. The maximum atomic E-state index is 12.4. The van der Waals surface area contributed by atoms with Crippen LogP contribution in [0.15, 0.2) is 24.4 Å². The van der Waals surface area contributed by atoms with Crippen molar-refractivity contribution in [2.75, 3.05) is 41.0 Å². The number of methoxy groups -OCH3 is 1. The number of carbonyl (C=O) groups is 1. The Morgan fingerprint density at radius 1 is 1.19 bits per heavy atom. The first-order valence-electron chi connectivity index (χ1n) is 9.28. The lowest BCUT2D eigenvalue weighted by atomic mass is 9.97. The van der Waals surface area contributed by atoms with Gasteiger partial charge in [0.15, 0.2) is 0 Å². The smallest absolute Gasteiger partial charge is 0.316 e. The highest BCUT2D eigenvalue weighted by atomic mass is 16.5. The number of ether oxygens (including phenoxy) is 3. The first kappa shape index (κ1) is 21.4. The van der Waals surface area contributed by atoms with E-state index in [0.717, 1.165) is 29.4 Å². The Bertz CT molecular complexity index is 759. The van der Waals surface area contributed by atoms with E-state index in [1.807, 2.05) is 53.1 Å². The van der Waals surface area contributed by atoms with Crippen molar-refractivity contribution in [1.29, 1.82) is 0 Å². The van der Waals surface area contributed by atoms with Crippen LogP contribution in [0, 0.1) is 5.41 Å². The summed E-state index contributed by atoms with van der Waals surface area (Å²) in [5.74, 6) is 0.370. The standard InChI is InChI=1S/C21H32N2O4/c1-21(2,3)20(24)27-18-9-7-8-17-19(18)16(10-11-22(4)5)14-23(17)15-26-13-12-25-6/h7-9,14H,10-13,15H2,1-6H3. The molecule has 6 heteroatoms. The molecule has 2 rings (SSSR count). The van der Waals surface area contributed by atoms with Crippen molar-refractivity contribution in [2.45, 2.75) is 33.9 Å². The van der Waals surface area contributed by atoms with Crippen molar-refractivity contribution >= 4 is 16.9 Å². The van der Waals surface area contributed by atoms with Gasteiger partial charge in [-0.15, -0.1) is 0 Å². The Kier molecular flexibility index (Phi) is 7.41. The fourth-order valence-electron chi connectivity index (χ4n) is 2.69. The zero-order chi connectivity index (χ0) is 20.0. The minimum Gasteiger partial charge on any atom is -0.425 e. The molecule has 0 N–H and O–H groups in total. The molecule has 6 nitrogen and oxygen atoms in total. The van der Waals surface area contributed by atoms with Crippen molar-refractivity contribution in [3.05, 3.63) is 30.0 Å². The van der Waals surface area contributed by atoms with Crippen LogP contribution in [0.1, 0.15) is 26.3 Å². The van der Waals surface area contributed by atoms with Gasteiger partial charge in [0.2, 0.25) is 0 Å². The topological polar surface area (TPSA) is 52.9 Å². The zero-order valence-electron chi connectivity index (χ0n) is 17.4. The Labute approximate surface area is 162 Å². The van der Waals surface area contributed by atoms with Crippen LogP contribution in [-0.2, 0) is 27.4 Å². The van der Waals surface area contributed by atoms with Gasteiger partial charge in [0, 0.05) is 25.2 Å². The van der Waals surface area contributed by atoms with Crippen LogP contribution in [0.25, 0.3) is 10.9 Å². The van der Waals surface area contributed by atoms with E-state index in [1.54, 1.807) is 7.11 Å². The highest BCUT2D eigenvalue weighted by molar-refractivity contribution is 5.92. The molecule has 0 aliphatic rings. The summed E-state index contributed by atoms with van der Waals surface area (Å²) in [7, 11) is 5.75. The van der Waals surface area contributed by atoms with Crippen molar-refractivity contribution in [3.63, 3.8) is 0 Å². The molecule has 1 aromatic heterocycles. The number of aromatic nitrogens is 1. The van der Waals surface area contributed by atoms with Crippen LogP contribution in [0.2, 0.25) is 0 Å².